The van der Waals surface area contributed by atoms with Gasteiger partial charge in [-0.2, -0.15) is 0 Å². The number of hydrogen-bond donors (Lipinski definition) is 1. The second kappa shape index (κ2) is 7.50. The number of likely N-dealkylation sites (tertiary alicyclic amines) is 1. The molecule has 134 valence electrons. The Morgan fingerprint density at radius 1 is 1.36 bits per heavy atom. The van der Waals surface area contributed by atoms with E-state index in [2.05, 4.69) is 20.4 Å². The average Bonchev–Trinajstić information content (AvgIpc) is 2.94. The van der Waals surface area contributed by atoms with Crippen molar-refractivity contribution >= 4 is 11.7 Å². The summed E-state index contributed by atoms with van der Waals surface area (Å²) in [5.74, 6) is 2.12. The number of amides is 1. The fourth-order valence-electron chi connectivity index (χ4n) is 3.03. The second-order valence-corrected chi connectivity index (χ2v) is 6.22. The van der Waals surface area contributed by atoms with Gasteiger partial charge in [-0.05, 0) is 26.7 Å². The monoisotopic (exact) mass is 345 g/mol. The number of rotatable bonds is 5. The maximum Gasteiger partial charge on any atom is 0.227 e. The summed E-state index contributed by atoms with van der Waals surface area (Å²) >= 11 is 0. The molecule has 0 bridgehead atoms. The highest BCUT2D eigenvalue weighted by molar-refractivity contribution is 5.79. The van der Waals surface area contributed by atoms with E-state index < -0.39 is 0 Å². The van der Waals surface area contributed by atoms with E-state index in [0.29, 0.717) is 12.3 Å². The van der Waals surface area contributed by atoms with E-state index in [1.165, 1.54) is 6.33 Å². The fraction of sp³-hybridized carbons (Fsp3) is 0.529. The zero-order valence-corrected chi connectivity index (χ0v) is 14.8. The summed E-state index contributed by atoms with van der Waals surface area (Å²) in [6, 6.07) is 2.05. The van der Waals surface area contributed by atoms with E-state index in [-0.39, 0.29) is 11.9 Å². The van der Waals surface area contributed by atoms with E-state index in [0.717, 1.165) is 48.8 Å². The van der Waals surface area contributed by atoms with Crippen molar-refractivity contribution in [2.45, 2.75) is 39.2 Å². The third-order valence-electron chi connectivity index (χ3n) is 4.56. The normalized spacial score (nSPS) is 15.2. The van der Waals surface area contributed by atoms with Gasteiger partial charge >= 0.3 is 0 Å². The van der Waals surface area contributed by atoms with Crippen LogP contribution in [0.5, 0.6) is 5.88 Å². The van der Waals surface area contributed by atoms with Crippen LogP contribution in [0.15, 0.2) is 16.9 Å². The first-order valence-corrected chi connectivity index (χ1v) is 8.39. The Bertz CT molecular complexity index is 718. The predicted molar refractivity (Wildman–Crippen MR) is 91.5 cm³/mol. The first-order chi connectivity index (χ1) is 12.1. The number of aromatic nitrogens is 3. The van der Waals surface area contributed by atoms with Crippen molar-refractivity contribution in [3.63, 3.8) is 0 Å². The molecule has 1 amide bonds. The molecule has 0 aromatic carbocycles. The van der Waals surface area contributed by atoms with E-state index in [1.54, 1.807) is 13.2 Å². The number of anilines is 1. The summed E-state index contributed by atoms with van der Waals surface area (Å²) in [5, 5.41) is 7.29. The lowest BCUT2D eigenvalue weighted by molar-refractivity contribution is -0.131. The van der Waals surface area contributed by atoms with E-state index in [1.807, 2.05) is 18.7 Å². The van der Waals surface area contributed by atoms with Gasteiger partial charge in [-0.15, -0.1) is 0 Å². The minimum atomic E-state index is 0.122. The van der Waals surface area contributed by atoms with Crippen molar-refractivity contribution in [1.82, 2.24) is 20.0 Å². The molecule has 25 heavy (non-hydrogen) atoms. The molecular weight excluding hydrogens is 322 g/mol. The Morgan fingerprint density at radius 2 is 2.12 bits per heavy atom. The highest BCUT2D eigenvalue weighted by atomic mass is 16.5. The number of methoxy groups -OCH3 is 1. The maximum absolute atomic E-state index is 12.5. The third-order valence-corrected chi connectivity index (χ3v) is 4.56. The van der Waals surface area contributed by atoms with Crippen molar-refractivity contribution in [2.24, 2.45) is 0 Å². The Hall–Kier alpha value is -2.64. The van der Waals surface area contributed by atoms with Crippen LogP contribution in [0.1, 0.15) is 29.9 Å². The highest BCUT2D eigenvalue weighted by Gasteiger charge is 2.24. The smallest absolute Gasteiger partial charge is 0.227 e. The molecule has 0 radical (unpaired) electrons. The number of carbonyl (C=O) groups excluding carboxylic acids is 1. The summed E-state index contributed by atoms with van der Waals surface area (Å²) in [6.07, 6.45) is 3.57. The zero-order chi connectivity index (χ0) is 17.8. The van der Waals surface area contributed by atoms with E-state index >= 15 is 0 Å². The lowest BCUT2D eigenvalue weighted by Crippen LogP contribution is -2.43. The number of hydrogen-bond acceptors (Lipinski definition) is 7. The topological polar surface area (TPSA) is 93.4 Å². The third kappa shape index (κ3) is 4.07. The van der Waals surface area contributed by atoms with E-state index in [4.69, 9.17) is 9.26 Å². The molecule has 3 heterocycles. The first-order valence-electron chi connectivity index (χ1n) is 8.39. The number of aryl methyl sites for hydroxylation is 2. The Labute approximate surface area is 146 Å². The number of carbonyl (C=O) groups is 1. The van der Waals surface area contributed by atoms with Crippen molar-refractivity contribution in [3.8, 4) is 5.88 Å². The van der Waals surface area contributed by atoms with Gasteiger partial charge in [-0.3, -0.25) is 4.79 Å². The molecule has 8 nitrogen and oxygen atoms in total. The quantitative estimate of drug-likeness (QED) is 0.882. The molecule has 8 heteroatoms. The number of piperidine rings is 1. The number of nitrogens with zero attached hydrogens (tertiary/aromatic N) is 4. The van der Waals surface area contributed by atoms with Gasteiger partial charge in [0.25, 0.3) is 0 Å². The molecule has 1 N–H and O–H groups in total. The molecular formula is C17H23N5O3. The zero-order valence-electron chi connectivity index (χ0n) is 14.8. The van der Waals surface area contributed by atoms with Crippen LogP contribution < -0.4 is 10.1 Å². The summed E-state index contributed by atoms with van der Waals surface area (Å²) in [7, 11) is 1.58. The van der Waals surface area contributed by atoms with E-state index in [9.17, 15) is 4.79 Å². The van der Waals surface area contributed by atoms with Crippen LogP contribution in [0.4, 0.5) is 5.82 Å². The molecule has 3 rings (SSSR count). The number of nitrogens with one attached hydrogen (secondary N) is 1. The molecule has 0 saturated carbocycles. The van der Waals surface area contributed by atoms with Gasteiger partial charge in [-0.1, -0.05) is 5.16 Å². The minimum absolute atomic E-state index is 0.122. The van der Waals surface area contributed by atoms with Gasteiger partial charge in [0.2, 0.25) is 11.8 Å². The molecule has 0 unspecified atom stereocenters. The molecule has 2 aromatic rings. The summed E-state index contributed by atoms with van der Waals surface area (Å²) in [4.78, 5) is 22.6. The van der Waals surface area contributed by atoms with Gasteiger partial charge in [0, 0.05) is 30.8 Å². The highest BCUT2D eigenvalue weighted by Crippen LogP contribution is 2.19. The fourth-order valence-corrected chi connectivity index (χ4v) is 3.03. The summed E-state index contributed by atoms with van der Waals surface area (Å²) in [6.45, 7) is 5.16. The average molecular weight is 345 g/mol. The van der Waals surface area contributed by atoms with Gasteiger partial charge in [-0.25, -0.2) is 9.97 Å². The summed E-state index contributed by atoms with van der Waals surface area (Å²) in [5.41, 5.74) is 1.69. The van der Waals surface area contributed by atoms with Crippen LogP contribution in [0.2, 0.25) is 0 Å². The van der Waals surface area contributed by atoms with Gasteiger partial charge < -0.3 is 19.5 Å². The van der Waals surface area contributed by atoms with Crippen LogP contribution in [0, 0.1) is 13.8 Å². The molecule has 1 aliphatic rings. The Kier molecular flexibility index (Phi) is 5.16. The van der Waals surface area contributed by atoms with Crippen LogP contribution in [0.25, 0.3) is 0 Å². The Balaban J connectivity index is 1.52. The SMILES string of the molecule is COc1cc(NC2CCN(C(=O)Cc3c(C)noc3C)CC2)ncn1. The van der Waals surface area contributed by atoms with Crippen LogP contribution in [-0.4, -0.2) is 52.2 Å². The minimum Gasteiger partial charge on any atom is -0.481 e. The maximum atomic E-state index is 12.5. The number of ether oxygens (including phenoxy) is 1. The predicted octanol–water partition coefficient (Wildman–Crippen LogP) is 1.74. The van der Waals surface area contributed by atoms with Crippen molar-refractivity contribution in [2.75, 3.05) is 25.5 Å². The van der Waals surface area contributed by atoms with Gasteiger partial charge in [0.15, 0.2) is 0 Å². The molecule has 0 spiro atoms. The van der Waals surface area contributed by atoms with Crippen LogP contribution in [-0.2, 0) is 11.2 Å². The van der Waals surface area contributed by atoms with Gasteiger partial charge in [0.1, 0.15) is 17.9 Å². The van der Waals surface area contributed by atoms with Crippen LogP contribution in [0.3, 0.4) is 0 Å². The molecule has 1 aliphatic heterocycles. The lowest BCUT2D eigenvalue weighted by atomic mass is 10.0. The van der Waals surface area contributed by atoms with Crippen molar-refractivity contribution in [3.05, 3.63) is 29.4 Å². The molecule has 1 fully saturated rings. The standard InChI is InChI=1S/C17H23N5O3/c1-11-14(12(2)25-21-11)8-17(23)22-6-4-13(5-7-22)20-15-9-16(24-3)19-10-18-15/h9-10,13H,4-8H2,1-3H3,(H,18,19,20). The first kappa shape index (κ1) is 17.2. The largest absolute Gasteiger partial charge is 0.481 e. The van der Waals surface area contributed by atoms with Gasteiger partial charge in [0.05, 0.1) is 19.2 Å². The second-order valence-electron chi connectivity index (χ2n) is 6.22. The lowest BCUT2D eigenvalue weighted by Gasteiger charge is -2.32. The van der Waals surface area contributed by atoms with Crippen molar-refractivity contribution in [1.29, 1.82) is 0 Å². The molecule has 1 saturated heterocycles. The van der Waals surface area contributed by atoms with Crippen LogP contribution >= 0.6 is 0 Å². The molecule has 0 aliphatic carbocycles. The van der Waals surface area contributed by atoms with Crippen molar-refractivity contribution < 1.29 is 14.1 Å². The summed E-state index contributed by atoms with van der Waals surface area (Å²) < 4.78 is 10.2. The molecule has 0 atom stereocenters. The molecule has 2 aromatic heterocycles. The Morgan fingerprint density at radius 3 is 2.76 bits per heavy atom.